The lowest BCUT2D eigenvalue weighted by atomic mass is 10.1. The third-order valence-electron chi connectivity index (χ3n) is 4.99. The van der Waals surface area contributed by atoms with Gasteiger partial charge in [-0.05, 0) is 39.2 Å². The second-order valence-electron chi connectivity index (χ2n) is 7.81. The highest BCUT2D eigenvalue weighted by molar-refractivity contribution is 5.88. The Morgan fingerprint density at radius 1 is 1.23 bits per heavy atom. The highest BCUT2D eigenvalue weighted by atomic mass is 19.1. The fraction of sp³-hybridized carbons (Fsp3) is 0.391. The molecule has 2 aromatic rings. The molecule has 0 radical (unpaired) electrons. The average Bonchev–Trinajstić information content (AvgIpc) is 2.92. The Balaban J connectivity index is 1.66. The largest absolute Gasteiger partial charge is 0.491 e. The number of nitrogens with zero attached hydrogens (tertiary/aromatic N) is 2. The fourth-order valence-corrected chi connectivity index (χ4v) is 3.49. The molecule has 8 heteroatoms. The van der Waals surface area contributed by atoms with E-state index in [0.717, 1.165) is 11.3 Å². The van der Waals surface area contributed by atoms with Crippen molar-refractivity contribution in [2.75, 3.05) is 33.9 Å². The molecule has 1 aliphatic heterocycles. The summed E-state index contributed by atoms with van der Waals surface area (Å²) in [6.45, 7) is 2.62. The standard InChI is InChI=1S/C23H28FN3O4/c1-16(25-22(28)15-31-21-11-7-5-9-19(21)24)23(29)27-12-17-8-4-6-10-20(17)30-14-18(27)13-26(2)3/h4-11,16,18H,12-15H2,1-3H3,(H,25,28)/t16-,18+/m1/s1. The van der Waals surface area contributed by atoms with E-state index in [1.165, 1.54) is 18.2 Å². The number of nitrogens with one attached hydrogen (secondary N) is 1. The molecule has 2 aromatic carbocycles. The molecule has 0 aromatic heterocycles. The van der Waals surface area contributed by atoms with Crippen molar-refractivity contribution in [3.05, 3.63) is 59.9 Å². The van der Waals surface area contributed by atoms with Crippen molar-refractivity contribution in [2.24, 2.45) is 0 Å². The Bertz CT molecular complexity index is 921. The third kappa shape index (κ3) is 5.95. The maximum absolute atomic E-state index is 13.6. The van der Waals surface area contributed by atoms with Gasteiger partial charge in [0, 0.05) is 18.7 Å². The van der Waals surface area contributed by atoms with Crippen LogP contribution in [0.1, 0.15) is 12.5 Å². The number of likely N-dealkylation sites (N-methyl/N-ethyl adjacent to an activating group) is 1. The molecule has 0 aliphatic carbocycles. The van der Waals surface area contributed by atoms with Gasteiger partial charge in [-0.2, -0.15) is 0 Å². The predicted octanol–water partition coefficient (Wildman–Crippen LogP) is 2.06. The maximum atomic E-state index is 13.6. The molecule has 0 bridgehead atoms. The van der Waals surface area contributed by atoms with E-state index in [2.05, 4.69) is 5.32 Å². The summed E-state index contributed by atoms with van der Waals surface area (Å²) in [6, 6.07) is 12.5. The summed E-state index contributed by atoms with van der Waals surface area (Å²) in [6.07, 6.45) is 0. The van der Waals surface area contributed by atoms with Crippen LogP contribution >= 0.6 is 0 Å². The number of fused-ring (bicyclic) bond motifs is 1. The number of ether oxygens (including phenoxy) is 2. The Kier molecular flexibility index (Phi) is 7.46. The van der Waals surface area contributed by atoms with Crippen LogP contribution in [0.25, 0.3) is 0 Å². The predicted molar refractivity (Wildman–Crippen MR) is 114 cm³/mol. The zero-order chi connectivity index (χ0) is 22.4. The first-order valence-electron chi connectivity index (χ1n) is 10.2. The molecule has 0 saturated carbocycles. The second-order valence-corrected chi connectivity index (χ2v) is 7.81. The first-order chi connectivity index (χ1) is 14.8. The van der Waals surface area contributed by atoms with Crippen molar-refractivity contribution >= 4 is 11.8 Å². The molecule has 166 valence electrons. The van der Waals surface area contributed by atoms with E-state index < -0.39 is 17.8 Å². The Morgan fingerprint density at radius 2 is 1.94 bits per heavy atom. The van der Waals surface area contributed by atoms with Gasteiger partial charge in [-0.1, -0.05) is 30.3 Å². The fourth-order valence-electron chi connectivity index (χ4n) is 3.49. The van der Waals surface area contributed by atoms with E-state index in [1.54, 1.807) is 17.9 Å². The van der Waals surface area contributed by atoms with Crippen molar-refractivity contribution in [1.29, 1.82) is 0 Å². The summed E-state index contributed by atoms with van der Waals surface area (Å²) in [7, 11) is 3.87. The number of amides is 2. The molecule has 1 aliphatic rings. The summed E-state index contributed by atoms with van der Waals surface area (Å²) in [4.78, 5) is 29.3. The molecular formula is C23H28FN3O4. The molecule has 3 rings (SSSR count). The van der Waals surface area contributed by atoms with E-state index in [0.29, 0.717) is 19.7 Å². The second kappa shape index (κ2) is 10.3. The molecule has 0 fully saturated rings. The number of carbonyl (C=O) groups excluding carboxylic acids is 2. The quantitative estimate of drug-likeness (QED) is 0.730. The normalized spacial score (nSPS) is 16.7. The lowest BCUT2D eigenvalue weighted by molar-refractivity contribution is -0.139. The zero-order valence-corrected chi connectivity index (χ0v) is 18.0. The highest BCUT2D eigenvalue weighted by Gasteiger charge is 2.32. The van der Waals surface area contributed by atoms with Crippen LogP contribution in [-0.4, -0.2) is 67.6 Å². The Labute approximate surface area is 181 Å². The van der Waals surface area contributed by atoms with Crippen molar-refractivity contribution < 1.29 is 23.5 Å². The van der Waals surface area contributed by atoms with Gasteiger partial charge < -0.3 is 24.6 Å². The van der Waals surface area contributed by atoms with Crippen molar-refractivity contribution in [1.82, 2.24) is 15.1 Å². The molecule has 2 atom stereocenters. The van der Waals surface area contributed by atoms with Gasteiger partial charge in [-0.25, -0.2) is 4.39 Å². The minimum Gasteiger partial charge on any atom is -0.491 e. The van der Waals surface area contributed by atoms with Gasteiger partial charge in [0.15, 0.2) is 18.2 Å². The molecule has 0 unspecified atom stereocenters. The van der Waals surface area contributed by atoms with E-state index >= 15 is 0 Å². The summed E-state index contributed by atoms with van der Waals surface area (Å²) in [5.41, 5.74) is 0.915. The van der Waals surface area contributed by atoms with E-state index in [9.17, 15) is 14.0 Å². The Hall–Kier alpha value is -3.13. The van der Waals surface area contributed by atoms with Crippen LogP contribution in [0.15, 0.2) is 48.5 Å². The summed E-state index contributed by atoms with van der Waals surface area (Å²) >= 11 is 0. The number of benzene rings is 2. The number of hydrogen-bond donors (Lipinski definition) is 1. The average molecular weight is 429 g/mol. The van der Waals surface area contributed by atoms with Crippen molar-refractivity contribution in [3.8, 4) is 11.5 Å². The van der Waals surface area contributed by atoms with Gasteiger partial charge in [0.25, 0.3) is 5.91 Å². The van der Waals surface area contributed by atoms with Gasteiger partial charge in [-0.3, -0.25) is 9.59 Å². The topological polar surface area (TPSA) is 71.1 Å². The molecule has 0 spiro atoms. The van der Waals surface area contributed by atoms with Crippen LogP contribution < -0.4 is 14.8 Å². The van der Waals surface area contributed by atoms with E-state index in [1.807, 2.05) is 43.3 Å². The van der Waals surface area contributed by atoms with Crippen LogP contribution in [0.5, 0.6) is 11.5 Å². The van der Waals surface area contributed by atoms with Crippen molar-refractivity contribution in [2.45, 2.75) is 25.6 Å². The first-order valence-corrected chi connectivity index (χ1v) is 10.2. The van der Waals surface area contributed by atoms with Crippen molar-refractivity contribution in [3.63, 3.8) is 0 Å². The molecule has 7 nitrogen and oxygen atoms in total. The van der Waals surface area contributed by atoms with E-state index in [-0.39, 0.29) is 24.3 Å². The molecule has 2 amide bonds. The van der Waals surface area contributed by atoms with Gasteiger partial charge in [0.1, 0.15) is 18.4 Å². The lowest BCUT2D eigenvalue weighted by Gasteiger charge is -2.33. The van der Waals surface area contributed by atoms with Crippen LogP contribution in [0.4, 0.5) is 4.39 Å². The zero-order valence-electron chi connectivity index (χ0n) is 18.0. The summed E-state index contributed by atoms with van der Waals surface area (Å²) in [5.74, 6) is -0.513. The maximum Gasteiger partial charge on any atom is 0.258 e. The van der Waals surface area contributed by atoms with Gasteiger partial charge in [-0.15, -0.1) is 0 Å². The van der Waals surface area contributed by atoms with Crippen LogP contribution in [0, 0.1) is 5.82 Å². The summed E-state index contributed by atoms with van der Waals surface area (Å²) < 4.78 is 24.8. The minimum absolute atomic E-state index is 0.0102. The van der Waals surface area contributed by atoms with Crippen LogP contribution in [0.3, 0.4) is 0 Å². The number of rotatable bonds is 7. The first kappa shape index (κ1) is 22.6. The molecule has 1 heterocycles. The molecular weight excluding hydrogens is 401 g/mol. The van der Waals surface area contributed by atoms with Gasteiger partial charge in [0.2, 0.25) is 5.91 Å². The lowest BCUT2D eigenvalue weighted by Crippen LogP contribution is -2.54. The molecule has 1 N–H and O–H groups in total. The number of halogens is 1. The molecule has 31 heavy (non-hydrogen) atoms. The monoisotopic (exact) mass is 429 g/mol. The number of hydrogen-bond acceptors (Lipinski definition) is 5. The summed E-state index contributed by atoms with van der Waals surface area (Å²) in [5, 5.41) is 2.65. The highest BCUT2D eigenvalue weighted by Crippen LogP contribution is 2.25. The Morgan fingerprint density at radius 3 is 2.68 bits per heavy atom. The number of carbonyl (C=O) groups is 2. The molecule has 0 saturated heterocycles. The third-order valence-corrected chi connectivity index (χ3v) is 4.99. The van der Waals surface area contributed by atoms with E-state index in [4.69, 9.17) is 9.47 Å². The van der Waals surface area contributed by atoms with Crippen LogP contribution in [-0.2, 0) is 16.1 Å². The van der Waals surface area contributed by atoms with Gasteiger partial charge in [0.05, 0.1) is 6.04 Å². The minimum atomic E-state index is -0.772. The smallest absolute Gasteiger partial charge is 0.258 e. The van der Waals surface area contributed by atoms with Crippen LogP contribution in [0.2, 0.25) is 0 Å². The van der Waals surface area contributed by atoms with Gasteiger partial charge >= 0.3 is 0 Å². The number of para-hydroxylation sites is 2. The SMILES string of the molecule is C[C@@H](NC(=O)COc1ccccc1F)C(=O)N1Cc2ccccc2OC[C@@H]1CN(C)C.